The van der Waals surface area contributed by atoms with Gasteiger partial charge in [0.15, 0.2) is 0 Å². The minimum absolute atomic E-state index is 0.0472. The Morgan fingerprint density at radius 2 is 1.95 bits per heavy atom. The standard InChI is InChI=1S/C14H14I3NO3/c15-8-4-10(12(17)11(16)5-8)13(19)18-6-7-2-1-3-9(7)14(20)21/h4-5,7,9H,1-3,6H2,(H,18,19)(H,20,21). The summed E-state index contributed by atoms with van der Waals surface area (Å²) in [6.07, 6.45) is 2.52. The highest BCUT2D eigenvalue weighted by atomic mass is 127. The number of rotatable bonds is 4. The summed E-state index contributed by atoms with van der Waals surface area (Å²) in [6.45, 7) is 0.438. The molecule has 0 heterocycles. The average Bonchev–Trinajstić information content (AvgIpc) is 2.88. The minimum Gasteiger partial charge on any atom is -0.481 e. The average molecular weight is 625 g/mol. The Morgan fingerprint density at radius 3 is 2.62 bits per heavy atom. The predicted molar refractivity (Wildman–Crippen MR) is 105 cm³/mol. The highest BCUT2D eigenvalue weighted by Gasteiger charge is 2.33. The number of hydrogen-bond donors (Lipinski definition) is 2. The van der Waals surface area contributed by atoms with Crippen molar-refractivity contribution < 1.29 is 14.7 Å². The number of nitrogens with one attached hydrogen (secondary N) is 1. The number of carbonyl (C=O) groups excluding carboxylic acids is 1. The van der Waals surface area contributed by atoms with E-state index < -0.39 is 5.97 Å². The Kier molecular flexibility index (Phi) is 6.53. The molecular formula is C14H14I3NO3. The molecule has 0 spiro atoms. The third kappa shape index (κ3) is 4.43. The molecule has 114 valence electrons. The van der Waals surface area contributed by atoms with E-state index in [-0.39, 0.29) is 17.7 Å². The van der Waals surface area contributed by atoms with Gasteiger partial charge in [0.05, 0.1) is 11.5 Å². The smallest absolute Gasteiger partial charge is 0.306 e. The SMILES string of the molecule is O=C(NCC1CCCC1C(=O)O)c1cc(I)cc(I)c1I. The summed E-state index contributed by atoms with van der Waals surface area (Å²) >= 11 is 6.58. The molecule has 7 heteroatoms. The molecule has 1 aliphatic carbocycles. The van der Waals surface area contributed by atoms with Crippen molar-refractivity contribution in [1.82, 2.24) is 5.32 Å². The van der Waals surface area contributed by atoms with E-state index >= 15 is 0 Å². The maximum atomic E-state index is 12.3. The van der Waals surface area contributed by atoms with Crippen LogP contribution >= 0.6 is 67.8 Å². The van der Waals surface area contributed by atoms with Crippen molar-refractivity contribution in [3.8, 4) is 0 Å². The van der Waals surface area contributed by atoms with E-state index in [0.29, 0.717) is 18.5 Å². The van der Waals surface area contributed by atoms with Gasteiger partial charge in [0.25, 0.3) is 5.91 Å². The molecule has 4 nitrogen and oxygen atoms in total. The Morgan fingerprint density at radius 1 is 1.24 bits per heavy atom. The number of carboxylic acid groups (broad SMARTS) is 1. The van der Waals surface area contributed by atoms with Gasteiger partial charge in [-0.15, -0.1) is 0 Å². The van der Waals surface area contributed by atoms with Crippen LogP contribution in [-0.4, -0.2) is 23.5 Å². The van der Waals surface area contributed by atoms with E-state index in [1.807, 2.05) is 12.1 Å². The van der Waals surface area contributed by atoms with Crippen LogP contribution in [0.4, 0.5) is 0 Å². The van der Waals surface area contributed by atoms with Crippen molar-refractivity contribution in [3.63, 3.8) is 0 Å². The zero-order chi connectivity index (χ0) is 15.6. The number of benzene rings is 1. The first-order valence-corrected chi connectivity index (χ1v) is 9.79. The van der Waals surface area contributed by atoms with Gasteiger partial charge in [-0.05, 0) is 98.7 Å². The fraction of sp³-hybridized carbons (Fsp3) is 0.429. The van der Waals surface area contributed by atoms with Crippen molar-refractivity contribution in [1.29, 1.82) is 0 Å². The summed E-state index contributed by atoms with van der Waals surface area (Å²) < 4.78 is 3.01. The van der Waals surface area contributed by atoms with E-state index in [1.54, 1.807) is 0 Å². The largest absolute Gasteiger partial charge is 0.481 e. The lowest BCUT2D eigenvalue weighted by Crippen LogP contribution is -2.33. The van der Waals surface area contributed by atoms with Gasteiger partial charge in [-0.3, -0.25) is 9.59 Å². The van der Waals surface area contributed by atoms with Crippen molar-refractivity contribution in [2.75, 3.05) is 6.54 Å². The molecule has 0 aliphatic heterocycles. The number of carbonyl (C=O) groups is 2. The first-order chi connectivity index (χ1) is 9.90. The first-order valence-electron chi connectivity index (χ1n) is 6.55. The van der Waals surface area contributed by atoms with Gasteiger partial charge in [-0.25, -0.2) is 0 Å². The highest BCUT2D eigenvalue weighted by Crippen LogP contribution is 2.31. The molecule has 2 rings (SSSR count). The summed E-state index contributed by atoms with van der Waals surface area (Å²) in [4.78, 5) is 23.5. The van der Waals surface area contributed by atoms with Crippen LogP contribution < -0.4 is 5.32 Å². The van der Waals surface area contributed by atoms with Crippen molar-refractivity contribution >= 4 is 79.6 Å². The normalized spacial score (nSPS) is 21.3. The fourth-order valence-corrected chi connectivity index (χ4v) is 5.05. The zero-order valence-corrected chi connectivity index (χ0v) is 17.5. The van der Waals surface area contributed by atoms with Crippen LogP contribution in [0.15, 0.2) is 12.1 Å². The van der Waals surface area contributed by atoms with Gasteiger partial charge in [0, 0.05) is 17.3 Å². The molecule has 2 atom stereocenters. The summed E-state index contributed by atoms with van der Waals surface area (Å²) in [5.41, 5.74) is 0.664. The Bertz CT molecular complexity index is 577. The minimum atomic E-state index is -0.745. The van der Waals surface area contributed by atoms with Gasteiger partial charge in [0.1, 0.15) is 0 Å². The topological polar surface area (TPSA) is 66.4 Å². The number of carboxylic acids is 1. The summed E-state index contributed by atoms with van der Waals surface area (Å²) in [6, 6.07) is 3.89. The molecule has 1 aliphatic rings. The Labute approximate surface area is 164 Å². The maximum Gasteiger partial charge on any atom is 0.306 e. The Hall–Kier alpha value is 0.350. The number of hydrogen-bond acceptors (Lipinski definition) is 2. The third-order valence-electron chi connectivity index (χ3n) is 3.74. The van der Waals surface area contributed by atoms with Crippen LogP contribution in [-0.2, 0) is 4.79 Å². The van der Waals surface area contributed by atoms with Crippen LogP contribution in [0.3, 0.4) is 0 Å². The second kappa shape index (κ2) is 7.75. The van der Waals surface area contributed by atoms with Gasteiger partial charge < -0.3 is 10.4 Å². The molecule has 0 saturated heterocycles. The van der Waals surface area contributed by atoms with Gasteiger partial charge >= 0.3 is 5.97 Å². The molecule has 2 N–H and O–H groups in total. The lowest BCUT2D eigenvalue weighted by molar-refractivity contribution is -0.142. The molecule has 0 radical (unpaired) electrons. The van der Waals surface area contributed by atoms with Gasteiger partial charge in [0.2, 0.25) is 0 Å². The maximum absolute atomic E-state index is 12.3. The molecule has 1 aromatic rings. The van der Waals surface area contributed by atoms with Crippen LogP contribution in [0.1, 0.15) is 29.6 Å². The van der Waals surface area contributed by atoms with Crippen molar-refractivity contribution in [2.24, 2.45) is 11.8 Å². The quantitative estimate of drug-likeness (QED) is 0.397. The van der Waals surface area contributed by atoms with Gasteiger partial charge in [-0.1, -0.05) is 6.42 Å². The number of amides is 1. The van der Waals surface area contributed by atoms with E-state index in [1.165, 1.54) is 0 Å². The molecule has 21 heavy (non-hydrogen) atoms. The fourth-order valence-electron chi connectivity index (χ4n) is 2.65. The van der Waals surface area contributed by atoms with Crippen LogP contribution in [0, 0.1) is 22.5 Å². The lowest BCUT2D eigenvalue weighted by atomic mass is 9.96. The van der Waals surface area contributed by atoms with Crippen LogP contribution in [0.2, 0.25) is 0 Å². The highest BCUT2D eigenvalue weighted by molar-refractivity contribution is 14.1. The predicted octanol–water partition coefficient (Wildman–Crippen LogP) is 3.73. The van der Waals surface area contributed by atoms with Gasteiger partial charge in [-0.2, -0.15) is 0 Å². The molecular weight excluding hydrogens is 611 g/mol. The molecule has 1 amide bonds. The van der Waals surface area contributed by atoms with Crippen LogP contribution in [0.25, 0.3) is 0 Å². The monoisotopic (exact) mass is 625 g/mol. The van der Waals surface area contributed by atoms with Crippen molar-refractivity contribution in [2.45, 2.75) is 19.3 Å². The summed E-state index contributed by atoms with van der Waals surface area (Å²) in [5.74, 6) is -1.14. The van der Waals surface area contributed by atoms with E-state index in [9.17, 15) is 9.59 Å². The van der Waals surface area contributed by atoms with E-state index in [2.05, 4.69) is 73.1 Å². The molecule has 1 fully saturated rings. The molecule has 2 unspecified atom stereocenters. The molecule has 1 aromatic carbocycles. The number of halogens is 3. The summed E-state index contributed by atoms with van der Waals surface area (Å²) in [7, 11) is 0. The Balaban J connectivity index is 2.04. The number of aliphatic carboxylic acids is 1. The zero-order valence-electron chi connectivity index (χ0n) is 11.0. The van der Waals surface area contributed by atoms with Crippen molar-refractivity contribution in [3.05, 3.63) is 28.4 Å². The molecule has 1 saturated carbocycles. The first kappa shape index (κ1) is 17.7. The second-order valence-corrected chi connectivity index (χ2v) is 8.58. The van der Waals surface area contributed by atoms with Crippen LogP contribution in [0.5, 0.6) is 0 Å². The van der Waals surface area contributed by atoms with E-state index in [4.69, 9.17) is 5.11 Å². The lowest BCUT2D eigenvalue weighted by Gasteiger charge is -2.17. The molecule has 0 aromatic heterocycles. The second-order valence-electron chi connectivity index (χ2n) is 5.09. The molecule has 0 bridgehead atoms. The van der Waals surface area contributed by atoms with E-state index in [0.717, 1.165) is 23.6 Å². The summed E-state index contributed by atoms with van der Waals surface area (Å²) in [5, 5.41) is 12.1. The third-order valence-corrected chi connectivity index (χ3v) is 7.41.